The molecule has 0 bridgehead atoms. The normalized spacial score (nSPS) is 15.5. The fourth-order valence-electron chi connectivity index (χ4n) is 4.51. The number of nitrogens with zero attached hydrogens (tertiary/aromatic N) is 6. The van der Waals surface area contributed by atoms with E-state index in [0.29, 0.717) is 11.9 Å². The van der Waals surface area contributed by atoms with Crippen LogP contribution < -0.4 is 0 Å². The number of rotatable bonds is 5. The molecular formula is C23H26N6O. The molecule has 4 aromatic rings. The third-order valence-corrected chi connectivity index (χ3v) is 6.13. The van der Waals surface area contributed by atoms with Crippen molar-refractivity contribution in [3.8, 4) is 0 Å². The molecule has 154 valence electrons. The van der Waals surface area contributed by atoms with Gasteiger partial charge in [-0.1, -0.05) is 54.8 Å². The van der Waals surface area contributed by atoms with Crippen molar-refractivity contribution in [2.45, 2.75) is 58.6 Å². The molecule has 3 heterocycles. The lowest BCUT2D eigenvalue weighted by Gasteiger charge is -2.25. The van der Waals surface area contributed by atoms with E-state index in [4.69, 9.17) is 14.8 Å². The first-order chi connectivity index (χ1) is 14.7. The molecule has 0 radical (unpaired) electrons. The third kappa shape index (κ3) is 3.34. The molecule has 30 heavy (non-hydrogen) atoms. The molecule has 0 amide bonds. The number of hydrogen-bond donors (Lipinski definition) is 0. The molecule has 3 aromatic heterocycles. The van der Waals surface area contributed by atoms with E-state index in [1.165, 1.54) is 43.4 Å². The van der Waals surface area contributed by atoms with Gasteiger partial charge in [0, 0.05) is 11.7 Å². The summed E-state index contributed by atoms with van der Waals surface area (Å²) in [6.45, 7) is 4.57. The topological polar surface area (TPSA) is 69.6 Å². The van der Waals surface area contributed by atoms with Crippen LogP contribution in [0.25, 0.3) is 16.7 Å². The molecule has 1 aromatic carbocycles. The second-order valence-electron chi connectivity index (χ2n) is 8.03. The van der Waals surface area contributed by atoms with Crippen LogP contribution in [0.3, 0.4) is 0 Å². The molecule has 1 aliphatic rings. The zero-order valence-corrected chi connectivity index (χ0v) is 17.5. The molecule has 7 heteroatoms. The first-order valence-electron chi connectivity index (χ1n) is 10.6. The van der Waals surface area contributed by atoms with E-state index in [2.05, 4.69) is 28.7 Å². The Bertz CT molecular complexity index is 1200. The monoisotopic (exact) mass is 402 g/mol. The zero-order chi connectivity index (χ0) is 20.5. The van der Waals surface area contributed by atoms with E-state index in [-0.39, 0.29) is 6.61 Å². The molecule has 0 spiro atoms. The van der Waals surface area contributed by atoms with Crippen LogP contribution in [0.4, 0.5) is 0 Å². The van der Waals surface area contributed by atoms with Crippen molar-refractivity contribution in [3.63, 3.8) is 0 Å². The number of fused-ring (bicyclic) bond motifs is 3. The van der Waals surface area contributed by atoms with E-state index in [9.17, 15) is 0 Å². The van der Waals surface area contributed by atoms with Crippen molar-refractivity contribution in [1.29, 1.82) is 0 Å². The highest BCUT2D eigenvalue weighted by Gasteiger charge is 2.24. The van der Waals surface area contributed by atoms with Crippen molar-refractivity contribution < 1.29 is 4.84 Å². The van der Waals surface area contributed by atoms with Crippen molar-refractivity contribution in [3.05, 3.63) is 59.3 Å². The van der Waals surface area contributed by atoms with Gasteiger partial charge in [-0.3, -0.25) is 0 Å². The number of hydrogen-bond acceptors (Lipinski definition) is 5. The van der Waals surface area contributed by atoms with Crippen molar-refractivity contribution in [2.24, 2.45) is 5.16 Å². The summed E-state index contributed by atoms with van der Waals surface area (Å²) in [6, 6.07) is 10.4. The maximum Gasteiger partial charge on any atom is 0.192 e. The minimum absolute atomic E-state index is 0.216. The largest absolute Gasteiger partial charge is 0.387 e. The van der Waals surface area contributed by atoms with Gasteiger partial charge in [-0.05, 0) is 37.8 Å². The lowest BCUT2D eigenvalue weighted by Crippen LogP contribution is -2.14. The van der Waals surface area contributed by atoms with Crippen LogP contribution in [-0.4, -0.2) is 30.4 Å². The summed E-state index contributed by atoms with van der Waals surface area (Å²) in [7, 11) is 0. The van der Waals surface area contributed by atoms with E-state index in [1.807, 2.05) is 30.3 Å². The maximum absolute atomic E-state index is 5.43. The Morgan fingerprint density at radius 2 is 1.90 bits per heavy atom. The Morgan fingerprint density at radius 1 is 1.10 bits per heavy atom. The molecule has 0 saturated heterocycles. The van der Waals surface area contributed by atoms with Gasteiger partial charge in [0.05, 0.1) is 11.6 Å². The second-order valence-corrected chi connectivity index (χ2v) is 8.03. The van der Waals surface area contributed by atoms with Gasteiger partial charge >= 0.3 is 0 Å². The molecule has 5 rings (SSSR count). The number of benzene rings is 1. The highest BCUT2D eigenvalue weighted by atomic mass is 16.6. The molecule has 0 N–H and O–H groups in total. The van der Waals surface area contributed by atoms with E-state index in [0.717, 1.165) is 22.2 Å². The third-order valence-electron chi connectivity index (χ3n) is 6.13. The zero-order valence-electron chi connectivity index (χ0n) is 17.5. The van der Waals surface area contributed by atoms with E-state index < -0.39 is 0 Å². The summed E-state index contributed by atoms with van der Waals surface area (Å²) in [6.07, 6.45) is 9.82. The van der Waals surface area contributed by atoms with Gasteiger partial charge in [0.1, 0.15) is 12.0 Å². The molecule has 0 atom stereocenters. The average Bonchev–Trinajstić information content (AvgIpc) is 3.31. The number of aromatic nitrogens is 5. The molecule has 1 saturated carbocycles. The van der Waals surface area contributed by atoms with Crippen LogP contribution in [0.15, 0.2) is 41.8 Å². The van der Waals surface area contributed by atoms with Crippen LogP contribution in [0.5, 0.6) is 0 Å². The van der Waals surface area contributed by atoms with Gasteiger partial charge in [0.15, 0.2) is 18.1 Å². The fraction of sp³-hybridized carbons (Fsp3) is 0.391. The quantitative estimate of drug-likeness (QED) is 0.357. The predicted octanol–water partition coefficient (Wildman–Crippen LogP) is 4.75. The Morgan fingerprint density at radius 3 is 2.70 bits per heavy atom. The van der Waals surface area contributed by atoms with E-state index in [1.54, 1.807) is 17.1 Å². The summed E-state index contributed by atoms with van der Waals surface area (Å²) in [5, 5.41) is 9.66. The average molecular weight is 403 g/mol. The Labute approximate surface area is 175 Å². The summed E-state index contributed by atoms with van der Waals surface area (Å²) in [5.41, 5.74) is 5.36. The fourth-order valence-corrected chi connectivity index (χ4v) is 4.51. The summed E-state index contributed by atoms with van der Waals surface area (Å²) >= 11 is 0. The SMILES string of the molecule is Cc1c(C)n(C2CCCCC2)c2ncn3nc(CON=Cc4ccccc4)nc3c12. The highest BCUT2D eigenvalue weighted by Crippen LogP contribution is 2.35. The van der Waals surface area contributed by atoms with Crippen LogP contribution in [0.2, 0.25) is 0 Å². The highest BCUT2D eigenvalue weighted by molar-refractivity contribution is 5.94. The minimum Gasteiger partial charge on any atom is -0.387 e. The van der Waals surface area contributed by atoms with Gasteiger partial charge in [-0.2, -0.15) is 0 Å². The lowest BCUT2D eigenvalue weighted by molar-refractivity contribution is 0.126. The lowest BCUT2D eigenvalue weighted by atomic mass is 9.95. The van der Waals surface area contributed by atoms with Gasteiger partial charge < -0.3 is 9.40 Å². The first kappa shape index (κ1) is 18.8. The van der Waals surface area contributed by atoms with E-state index >= 15 is 0 Å². The number of oxime groups is 1. The molecular weight excluding hydrogens is 376 g/mol. The predicted molar refractivity (Wildman–Crippen MR) is 117 cm³/mol. The number of aryl methyl sites for hydroxylation is 1. The van der Waals surface area contributed by atoms with Crippen molar-refractivity contribution in [1.82, 2.24) is 24.1 Å². The van der Waals surface area contributed by atoms with Crippen LogP contribution in [0.1, 0.15) is 60.8 Å². The maximum atomic E-state index is 5.43. The van der Waals surface area contributed by atoms with Crippen molar-refractivity contribution in [2.75, 3.05) is 0 Å². The summed E-state index contributed by atoms with van der Waals surface area (Å²) < 4.78 is 4.18. The molecule has 1 fully saturated rings. The molecule has 1 aliphatic carbocycles. The van der Waals surface area contributed by atoms with Crippen molar-refractivity contribution >= 4 is 22.9 Å². The minimum atomic E-state index is 0.216. The first-order valence-corrected chi connectivity index (χ1v) is 10.6. The summed E-state index contributed by atoms with van der Waals surface area (Å²) in [5.74, 6) is 0.594. The van der Waals surface area contributed by atoms with Crippen LogP contribution in [0, 0.1) is 13.8 Å². The Hall–Kier alpha value is -3.22. The second kappa shape index (κ2) is 7.89. The Kier molecular flexibility index (Phi) is 4.94. The smallest absolute Gasteiger partial charge is 0.192 e. The Balaban J connectivity index is 1.44. The van der Waals surface area contributed by atoms with Gasteiger partial charge in [0.25, 0.3) is 0 Å². The summed E-state index contributed by atoms with van der Waals surface area (Å²) in [4.78, 5) is 14.9. The van der Waals surface area contributed by atoms with Crippen LogP contribution in [-0.2, 0) is 11.4 Å². The standard InChI is InChI=1S/C23H26N6O/c1-16-17(2)29(19-11-7-4-8-12-19)22-21(16)23-26-20(27-28(23)15-24-22)14-30-25-13-18-9-5-3-6-10-18/h3,5-6,9-10,13,15,19H,4,7-8,11-12,14H2,1-2H3. The van der Waals surface area contributed by atoms with Gasteiger partial charge in [-0.25, -0.2) is 14.5 Å². The van der Waals surface area contributed by atoms with Gasteiger partial charge in [0.2, 0.25) is 0 Å². The molecule has 0 aliphatic heterocycles. The molecule has 0 unspecified atom stereocenters. The molecule has 7 nitrogen and oxygen atoms in total. The van der Waals surface area contributed by atoms with Gasteiger partial charge in [-0.15, -0.1) is 5.10 Å². The van der Waals surface area contributed by atoms with Crippen LogP contribution >= 0.6 is 0 Å².